The first-order valence-electron chi connectivity index (χ1n) is 8.35. The molecule has 3 aromatic rings. The monoisotopic (exact) mass is 418 g/mol. The lowest BCUT2D eigenvalue weighted by Gasteiger charge is -2.20. The maximum Gasteiger partial charge on any atom is 0.264 e. The normalized spacial score (nSPS) is 11.3. The average Bonchev–Trinajstić information content (AvgIpc) is 2.98. The number of para-hydroxylation sites is 1. The van der Waals surface area contributed by atoms with Gasteiger partial charge in [-0.2, -0.15) is 5.10 Å². The number of carbonyl (C=O) groups is 1. The van der Waals surface area contributed by atoms with Crippen LogP contribution in [0, 0.1) is 6.92 Å². The van der Waals surface area contributed by atoms with Gasteiger partial charge < -0.3 is 5.32 Å². The van der Waals surface area contributed by atoms with Crippen LogP contribution < -0.4 is 9.62 Å². The highest BCUT2D eigenvalue weighted by Crippen LogP contribution is 2.26. The van der Waals surface area contributed by atoms with Crippen LogP contribution in [0.4, 0.5) is 11.5 Å². The molecule has 146 valence electrons. The quantitative estimate of drug-likeness (QED) is 0.687. The highest BCUT2D eigenvalue weighted by molar-refractivity contribution is 7.92. The number of halogens is 1. The average molecular weight is 419 g/mol. The van der Waals surface area contributed by atoms with Crippen molar-refractivity contribution >= 4 is 39.0 Å². The molecule has 0 unspecified atom stereocenters. The van der Waals surface area contributed by atoms with Crippen LogP contribution in [0.5, 0.6) is 0 Å². The number of amides is 1. The molecule has 0 aliphatic rings. The largest absolute Gasteiger partial charge is 0.307 e. The zero-order valence-corrected chi connectivity index (χ0v) is 17.1. The predicted octanol–water partition coefficient (Wildman–Crippen LogP) is 3.46. The number of aromatic nitrogens is 2. The third-order valence-electron chi connectivity index (χ3n) is 4.20. The summed E-state index contributed by atoms with van der Waals surface area (Å²) in [6, 6.07) is 14.4. The standard InChI is InChI=1S/C19H19ClN4O3S/c1-13-11-18(23(2)22-13)21-19(25)16-12-15(9-10-17(16)20)28(26,27)24(3)14-7-5-4-6-8-14/h4-12H,1-3H3,(H,21,25). The molecular weight excluding hydrogens is 400 g/mol. The third-order valence-corrected chi connectivity index (χ3v) is 6.32. The number of anilines is 2. The Morgan fingerprint density at radius 1 is 1.14 bits per heavy atom. The van der Waals surface area contributed by atoms with Crippen LogP contribution in [0.2, 0.25) is 5.02 Å². The van der Waals surface area contributed by atoms with Crippen LogP contribution in [0.3, 0.4) is 0 Å². The molecular formula is C19H19ClN4O3S. The number of sulfonamides is 1. The summed E-state index contributed by atoms with van der Waals surface area (Å²) < 4.78 is 28.6. The van der Waals surface area contributed by atoms with E-state index >= 15 is 0 Å². The highest BCUT2D eigenvalue weighted by atomic mass is 35.5. The molecule has 1 amide bonds. The van der Waals surface area contributed by atoms with Gasteiger partial charge in [-0.15, -0.1) is 0 Å². The Labute approximate surface area is 168 Å². The van der Waals surface area contributed by atoms with Gasteiger partial charge in [0.05, 0.1) is 26.9 Å². The lowest BCUT2D eigenvalue weighted by molar-refractivity contribution is 0.102. The summed E-state index contributed by atoms with van der Waals surface area (Å²) >= 11 is 6.16. The fourth-order valence-electron chi connectivity index (χ4n) is 2.68. The Morgan fingerprint density at radius 2 is 1.82 bits per heavy atom. The zero-order valence-electron chi connectivity index (χ0n) is 15.5. The number of hydrogen-bond donors (Lipinski definition) is 1. The molecule has 7 nitrogen and oxygen atoms in total. The minimum atomic E-state index is -3.86. The summed E-state index contributed by atoms with van der Waals surface area (Å²) in [4.78, 5) is 12.6. The first-order valence-corrected chi connectivity index (χ1v) is 10.2. The summed E-state index contributed by atoms with van der Waals surface area (Å²) in [7, 11) is -0.714. The number of nitrogens with zero attached hydrogens (tertiary/aromatic N) is 3. The van der Waals surface area contributed by atoms with Crippen molar-refractivity contribution < 1.29 is 13.2 Å². The molecule has 0 saturated heterocycles. The van der Waals surface area contributed by atoms with E-state index < -0.39 is 15.9 Å². The topological polar surface area (TPSA) is 84.3 Å². The van der Waals surface area contributed by atoms with Crippen LogP contribution in [-0.4, -0.2) is 31.2 Å². The van der Waals surface area contributed by atoms with E-state index in [1.807, 2.05) is 0 Å². The Kier molecular flexibility index (Phi) is 5.44. The first-order chi connectivity index (χ1) is 13.2. The van der Waals surface area contributed by atoms with Gasteiger partial charge in [-0.1, -0.05) is 29.8 Å². The Morgan fingerprint density at radius 3 is 2.43 bits per heavy atom. The van der Waals surface area contributed by atoms with E-state index in [-0.39, 0.29) is 15.5 Å². The van der Waals surface area contributed by atoms with Gasteiger partial charge >= 0.3 is 0 Å². The minimum Gasteiger partial charge on any atom is -0.307 e. The van der Waals surface area contributed by atoms with Crippen molar-refractivity contribution in [2.75, 3.05) is 16.7 Å². The van der Waals surface area contributed by atoms with Gasteiger partial charge in [0.2, 0.25) is 0 Å². The second-order valence-electron chi connectivity index (χ2n) is 6.20. The van der Waals surface area contributed by atoms with E-state index in [1.54, 1.807) is 50.4 Å². The fraction of sp³-hybridized carbons (Fsp3) is 0.158. The summed E-state index contributed by atoms with van der Waals surface area (Å²) in [6.45, 7) is 1.80. The second kappa shape index (κ2) is 7.65. The van der Waals surface area contributed by atoms with Crippen molar-refractivity contribution in [3.05, 3.63) is 70.9 Å². The number of benzene rings is 2. The number of carbonyl (C=O) groups excluding carboxylic acids is 1. The van der Waals surface area contributed by atoms with E-state index in [0.29, 0.717) is 11.5 Å². The highest BCUT2D eigenvalue weighted by Gasteiger charge is 2.24. The van der Waals surface area contributed by atoms with Crippen molar-refractivity contribution in [1.29, 1.82) is 0 Å². The predicted molar refractivity (Wildman–Crippen MR) is 109 cm³/mol. The molecule has 1 aromatic heterocycles. The van der Waals surface area contributed by atoms with E-state index in [0.717, 1.165) is 10.00 Å². The number of rotatable bonds is 5. The van der Waals surface area contributed by atoms with Gasteiger partial charge in [0.15, 0.2) is 0 Å². The van der Waals surface area contributed by atoms with Gasteiger partial charge in [0.1, 0.15) is 5.82 Å². The molecule has 0 atom stereocenters. The van der Waals surface area contributed by atoms with Crippen LogP contribution in [0.1, 0.15) is 16.1 Å². The molecule has 0 bridgehead atoms. The van der Waals surface area contributed by atoms with Gasteiger partial charge in [-0.05, 0) is 37.3 Å². The maximum atomic E-state index is 13.0. The Bertz CT molecular complexity index is 1130. The number of aryl methyl sites for hydroxylation is 2. The van der Waals surface area contributed by atoms with Crippen LogP contribution in [-0.2, 0) is 17.1 Å². The lowest BCUT2D eigenvalue weighted by Crippen LogP contribution is -2.27. The van der Waals surface area contributed by atoms with Gasteiger partial charge in [0, 0.05) is 20.2 Å². The molecule has 0 radical (unpaired) electrons. The van der Waals surface area contributed by atoms with Crippen LogP contribution >= 0.6 is 11.6 Å². The molecule has 0 saturated carbocycles. The van der Waals surface area contributed by atoms with E-state index in [9.17, 15) is 13.2 Å². The summed E-state index contributed by atoms with van der Waals surface area (Å²) in [6.07, 6.45) is 0. The van der Waals surface area contributed by atoms with Crippen molar-refractivity contribution in [3.8, 4) is 0 Å². The molecule has 0 spiro atoms. The van der Waals surface area contributed by atoms with Gasteiger partial charge in [-0.25, -0.2) is 8.42 Å². The third kappa shape index (κ3) is 3.88. The zero-order chi connectivity index (χ0) is 20.5. The van der Waals surface area contributed by atoms with E-state index in [1.165, 1.54) is 29.9 Å². The number of hydrogen-bond acceptors (Lipinski definition) is 4. The first kappa shape index (κ1) is 19.9. The second-order valence-corrected chi connectivity index (χ2v) is 8.57. The van der Waals surface area contributed by atoms with Crippen molar-refractivity contribution in [2.24, 2.45) is 7.05 Å². The Hall–Kier alpha value is -2.84. The molecule has 1 heterocycles. The summed E-state index contributed by atoms with van der Waals surface area (Å²) in [5.74, 6) is -0.0411. The molecule has 9 heteroatoms. The minimum absolute atomic E-state index is 0.0328. The Balaban J connectivity index is 1.94. The summed E-state index contributed by atoms with van der Waals surface area (Å²) in [5.41, 5.74) is 1.31. The van der Waals surface area contributed by atoms with Crippen LogP contribution in [0.15, 0.2) is 59.5 Å². The fourth-order valence-corrected chi connectivity index (χ4v) is 4.11. The SMILES string of the molecule is Cc1cc(NC(=O)c2cc(S(=O)(=O)N(C)c3ccccc3)ccc2Cl)n(C)n1. The molecule has 28 heavy (non-hydrogen) atoms. The smallest absolute Gasteiger partial charge is 0.264 e. The molecule has 0 fully saturated rings. The lowest BCUT2D eigenvalue weighted by atomic mass is 10.2. The molecule has 0 aliphatic carbocycles. The van der Waals surface area contributed by atoms with Gasteiger partial charge in [0.25, 0.3) is 15.9 Å². The molecule has 1 N–H and O–H groups in total. The van der Waals surface area contributed by atoms with Crippen molar-refractivity contribution in [2.45, 2.75) is 11.8 Å². The van der Waals surface area contributed by atoms with Gasteiger partial charge in [-0.3, -0.25) is 13.8 Å². The van der Waals surface area contributed by atoms with Crippen LogP contribution in [0.25, 0.3) is 0 Å². The molecule has 0 aliphatic heterocycles. The number of nitrogens with one attached hydrogen (secondary N) is 1. The summed E-state index contributed by atoms with van der Waals surface area (Å²) in [5, 5.41) is 7.01. The molecule has 3 rings (SSSR count). The van der Waals surface area contributed by atoms with Crippen molar-refractivity contribution in [1.82, 2.24) is 9.78 Å². The maximum absolute atomic E-state index is 13.0. The molecule has 2 aromatic carbocycles. The van der Waals surface area contributed by atoms with Crippen molar-refractivity contribution in [3.63, 3.8) is 0 Å². The van der Waals surface area contributed by atoms with E-state index in [4.69, 9.17) is 11.6 Å². The van der Waals surface area contributed by atoms with E-state index in [2.05, 4.69) is 10.4 Å².